The van der Waals surface area contributed by atoms with Crippen LogP contribution >= 0.6 is 0 Å². The maximum absolute atomic E-state index is 10.5. The van der Waals surface area contributed by atoms with E-state index < -0.39 is 12.0 Å². The number of carboxylic acid groups (broad SMARTS) is 1. The molecule has 84 valence electrons. The van der Waals surface area contributed by atoms with Gasteiger partial charge in [-0.05, 0) is 6.92 Å². The van der Waals surface area contributed by atoms with Gasteiger partial charge in [0.05, 0.1) is 6.42 Å². The second-order valence-electron chi connectivity index (χ2n) is 3.50. The van der Waals surface area contributed by atoms with Gasteiger partial charge in [0.1, 0.15) is 5.82 Å². The molecule has 0 fully saturated rings. The standard InChI is InChI=1S/C9H11N5O2/c1-5-12-9-11-3-6(4-14(9)13-5)7(10)2-8(15)16/h3-4,7H,2,10H2,1H3,(H,15,16). The summed E-state index contributed by atoms with van der Waals surface area (Å²) >= 11 is 0. The van der Waals surface area contributed by atoms with Gasteiger partial charge in [0.25, 0.3) is 5.78 Å². The highest BCUT2D eigenvalue weighted by molar-refractivity contribution is 5.67. The van der Waals surface area contributed by atoms with E-state index in [0.29, 0.717) is 17.2 Å². The van der Waals surface area contributed by atoms with Gasteiger partial charge in [-0.25, -0.2) is 9.50 Å². The van der Waals surface area contributed by atoms with E-state index in [9.17, 15) is 4.79 Å². The number of hydrogen-bond acceptors (Lipinski definition) is 5. The summed E-state index contributed by atoms with van der Waals surface area (Å²) in [5.74, 6) is 0.141. The quantitative estimate of drug-likeness (QED) is 0.750. The number of carboxylic acids is 1. The number of aromatic nitrogens is 4. The van der Waals surface area contributed by atoms with E-state index in [0.717, 1.165) is 0 Å². The number of nitrogens with two attached hydrogens (primary N) is 1. The van der Waals surface area contributed by atoms with Gasteiger partial charge in [-0.2, -0.15) is 10.1 Å². The molecule has 16 heavy (non-hydrogen) atoms. The SMILES string of the molecule is Cc1nc2ncc(C(N)CC(=O)O)cn2n1. The third-order valence-electron chi connectivity index (χ3n) is 2.14. The van der Waals surface area contributed by atoms with Crippen LogP contribution in [0.2, 0.25) is 0 Å². The molecule has 0 bridgehead atoms. The third-order valence-corrected chi connectivity index (χ3v) is 2.14. The molecule has 7 nitrogen and oxygen atoms in total. The lowest BCUT2D eigenvalue weighted by molar-refractivity contribution is -0.137. The van der Waals surface area contributed by atoms with Crippen LogP contribution in [0, 0.1) is 6.92 Å². The van der Waals surface area contributed by atoms with Gasteiger partial charge < -0.3 is 10.8 Å². The van der Waals surface area contributed by atoms with Crippen LogP contribution in [0.4, 0.5) is 0 Å². The number of nitrogens with zero attached hydrogens (tertiary/aromatic N) is 4. The van der Waals surface area contributed by atoms with Gasteiger partial charge in [0.15, 0.2) is 0 Å². The minimum Gasteiger partial charge on any atom is -0.481 e. The molecular formula is C9H11N5O2. The molecule has 0 saturated heterocycles. The van der Waals surface area contributed by atoms with Gasteiger partial charge in [-0.15, -0.1) is 0 Å². The summed E-state index contributed by atoms with van der Waals surface area (Å²) in [6, 6.07) is -0.584. The van der Waals surface area contributed by atoms with Crippen molar-refractivity contribution in [1.82, 2.24) is 19.6 Å². The molecule has 1 unspecified atom stereocenters. The van der Waals surface area contributed by atoms with E-state index in [-0.39, 0.29) is 6.42 Å². The highest BCUT2D eigenvalue weighted by Gasteiger charge is 2.12. The smallest absolute Gasteiger partial charge is 0.305 e. The summed E-state index contributed by atoms with van der Waals surface area (Å²) in [7, 11) is 0. The molecule has 0 aromatic carbocycles. The number of carbonyl (C=O) groups is 1. The third kappa shape index (κ3) is 1.98. The van der Waals surface area contributed by atoms with Crippen LogP contribution in [0.25, 0.3) is 5.78 Å². The summed E-state index contributed by atoms with van der Waals surface area (Å²) in [6.45, 7) is 1.76. The number of aryl methyl sites for hydroxylation is 1. The van der Waals surface area contributed by atoms with Crippen LogP contribution in [0.3, 0.4) is 0 Å². The van der Waals surface area contributed by atoms with Crippen LogP contribution < -0.4 is 5.73 Å². The molecule has 7 heteroatoms. The molecule has 2 aromatic heterocycles. The Morgan fingerprint density at radius 3 is 3.12 bits per heavy atom. The Hall–Kier alpha value is -2.02. The van der Waals surface area contributed by atoms with E-state index in [4.69, 9.17) is 10.8 Å². The number of fused-ring (bicyclic) bond motifs is 1. The number of hydrogen-bond donors (Lipinski definition) is 2. The zero-order chi connectivity index (χ0) is 11.7. The fraction of sp³-hybridized carbons (Fsp3) is 0.333. The molecular weight excluding hydrogens is 210 g/mol. The summed E-state index contributed by atoms with van der Waals surface area (Å²) in [5.41, 5.74) is 6.34. The fourth-order valence-corrected chi connectivity index (χ4v) is 1.40. The molecule has 0 aliphatic carbocycles. The van der Waals surface area contributed by atoms with E-state index in [1.807, 2.05) is 0 Å². The van der Waals surface area contributed by atoms with E-state index in [1.165, 1.54) is 10.7 Å². The molecule has 1 atom stereocenters. The summed E-state index contributed by atoms with van der Waals surface area (Å²) in [6.07, 6.45) is 3.04. The molecule has 2 heterocycles. The van der Waals surface area contributed by atoms with Gasteiger partial charge in [-0.3, -0.25) is 4.79 Å². The van der Waals surface area contributed by atoms with Crippen LogP contribution in [0.1, 0.15) is 23.9 Å². The fourth-order valence-electron chi connectivity index (χ4n) is 1.40. The first-order valence-corrected chi connectivity index (χ1v) is 4.72. The number of aliphatic carboxylic acids is 1. The van der Waals surface area contributed by atoms with Crippen molar-refractivity contribution >= 4 is 11.7 Å². The van der Waals surface area contributed by atoms with Crippen LogP contribution in [0.15, 0.2) is 12.4 Å². The van der Waals surface area contributed by atoms with Crippen molar-refractivity contribution < 1.29 is 9.90 Å². The Labute approximate surface area is 90.9 Å². The van der Waals surface area contributed by atoms with Crippen molar-refractivity contribution in [2.75, 3.05) is 0 Å². The monoisotopic (exact) mass is 221 g/mol. The van der Waals surface area contributed by atoms with Crippen LogP contribution in [-0.2, 0) is 4.79 Å². The summed E-state index contributed by atoms with van der Waals surface area (Å²) in [4.78, 5) is 18.6. The van der Waals surface area contributed by atoms with Crippen molar-refractivity contribution in [3.63, 3.8) is 0 Å². The maximum atomic E-state index is 10.5. The largest absolute Gasteiger partial charge is 0.481 e. The van der Waals surface area contributed by atoms with Crippen molar-refractivity contribution in [2.24, 2.45) is 5.73 Å². The minimum absolute atomic E-state index is 0.138. The van der Waals surface area contributed by atoms with Gasteiger partial charge in [-0.1, -0.05) is 0 Å². The summed E-state index contributed by atoms with van der Waals surface area (Å²) in [5, 5.41) is 12.7. The van der Waals surface area contributed by atoms with Crippen LogP contribution in [0.5, 0.6) is 0 Å². The lowest BCUT2D eigenvalue weighted by Crippen LogP contribution is -2.16. The molecule has 0 spiro atoms. The van der Waals surface area contributed by atoms with Gasteiger partial charge in [0, 0.05) is 24.0 Å². The Balaban J connectivity index is 2.34. The maximum Gasteiger partial charge on any atom is 0.305 e. The first-order chi connectivity index (χ1) is 7.56. The minimum atomic E-state index is -0.942. The first kappa shape index (κ1) is 10.5. The highest BCUT2D eigenvalue weighted by atomic mass is 16.4. The van der Waals surface area contributed by atoms with E-state index in [1.54, 1.807) is 13.1 Å². The highest BCUT2D eigenvalue weighted by Crippen LogP contribution is 2.12. The van der Waals surface area contributed by atoms with Crippen molar-refractivity contribution in [1.29, 1.82) is 0 Å². The van der Waals surface area contributed by atoms with Gasteiger partial charge >= 0.3 is 5.97 Å². The number of rotatable bonds is 3. The second kappa shape index (κ2) is 3.86. The molecule has 2 aromatic rings. The second-order valence-corrected chi connectivity index (χ2v) is 3.50. The van der Waals surface area contributed by atoms with E-state index >= 15 is 0 Å². The Kier molecular flexibility index (Phi) is 2.53. The molecule has 2 rings (SSSR count). The Morgan fingerprint density at radius 1 is 1.69 bits per heavy atom. The summed E-state index contributed by atoms with van der Waals surface area (Å²) < 4.78 is 1.49. The lowest BCUT2D eigenvalue weighted by atomic mass is 10.1. The molecule has 0 aliphatic heterocycles. The topological polar surface area (TPSA) is 106 Å². The molecule has 0 radical (unpaired) electrons. The zero-order valence-corrected chi connectivity index (χ0v) is 8.66. The van der Waals surface area contributed by atoms with E-state index in [2.05, 4.69) is 15.1 Å². The Bertz CT molecular complexity index is 536. The van der Waals surface area contributed by atoms with Crippen molar-refractivity contribution in [2.45, 2.75) is 19.4 Å². The predicted octanol–water partition coefficient (Wildman–Crippen LogP) is -0.0928. The molecule has 0 aliphatic rings. The lowest BCUT2D eigenvalue weighted by Gasteiger charge is -2.07. The van der Waals surface area contributed by atoms with Crippen molar-refractivity contribution in [3.8, 4) is 0 Å². The predicted molar refractivity (Wildman–Crippen MR) is 54.7 cm³/mol. The average Bonchev–Trinajstić information content (AvgIpc) is 2.55. The molecule has 3 N–H and O–H groups in total. The Morgan fingerprint density at radius 2 is 2.44 bits per heavy atom. The normalized spacial score (nSPS) is 12.9. The average molecular weight is 221 g/mol. The van der Waals surface area contributed by atoms with Gasteiger partial charge in [0.2, 0.25) is 0 Å². The van der Waals surface area contributed by atoms with Crippen LogP contribution in [-0.4, -0.2) is 30.7 Å². The zero-order valence-electron chi connectivity index (χ0n) is 8.66. The molecule has 0 amide bonds. The molecule has 0 saturated carbocycles. The van der Waals surface area contributed by atoms with Crippen molar-refractivity contribution in [3.05, 3.63) is 23.8 Å². The first-order valence-electron chi connectivity index (χ1n) is 4.72.